The van der Waals surface area contributed by atoms with Gasteiger partial charge in [0.15, 0.2) is 0 Å². The number of rotatable bonds is 6. The van der Waals surface area contributed by atoms with Crippen molar-refractivity contribution in [2.24, 2.45) is 5.73 Å². The van der Waals surface area contributed by atoms with Crippen molar-refractivity contribution >= 4 is 22.9 Å². The molecule has 0 amide bonds. The normalized spacial score (nSPS) is 12.2. The summed E-state index contributed by atoms with van der Waals surface area (Å²) in [4.78, 5) is 2.70. The fourth-order valence-electron chi connectivity index (χ4n) is 2.15. The number of hydrogen-bond donors (Lipinski definition) is 1. The number of aryl methyl sites for hydroxylation is 1. The molecule has 0 saturated heterocycles. The van der Waals surface area contributed by atoms with Crippen molar-refractivity contribution in [2.45, 2.75) is 26.8 Å². The third-order valence-corrected chi connectivity index (χ3v) is 3.23. The fourth-order valence-corrected chi connectivity index (χ4v) is 2.31. The van der Waals surface area contributed by atoms with E-state index in [0.717, 1.165) is 23.4 Å². The van der Waals surface area contributed by atoms with Crippen LogP contribution in [0.15, 0.2) is 18.2 Å². The average molecular weight is 266 g/mol. The highest BCUT2D eigenvalue weighted by atomic mass is 32.1. The number of nitrogens with two attached hydrogens (primary N) is 1. The number of methoxy groups -OCH3 is 1. The summed E-state index contributed by atoms with van der Waals surface area (Å²) in [5, 5.41) is 0. The van der Waals surface area contributed by atoms with Crippen LogP contribution in [0.1, 0.15) is 25.0 Å². The SMILES string of the molecule is CCN(c1ccc(C)cc1C(N)=S)C(C)COC. The highest BCUT2D eigenvalue weighted by Crippen LogP contribution is 2.24. The zero-order valence-corrected chi connectivity index (χ0v) is 12.4. The van der Waals surface area contributed by atoms with Crippen LogP contribution in [0.25, 0.3) is 0 Å². The lowest BCUT2D eigenvalue weighted by molar-refractivity contribution is 0.182. The Morgan fingerprint density at radius 1 is 1.50 bits per heavy atom. The molecule has 0 aliphatic carbocycles. The van der Waals surface area contributed by atoms with Crippen LogP contribution in [0.5, 0.6) is 0 Å². The van der Waals surface area contributed by atoms with E-state index in [4.69, 9.17) is 22.7 Å². The molecule has 1 unspecified atom stereocenters. The van der Waals surface area contributed by atoms with Gasteiger partial charge < -0.3 is 15.4 Å². The van der Waals surface area contributed by atoms with Crippen LogP contribution < -0.4 is 10.6 Å². The van der Waals surface area contributed by atoms with E-state index in [1.807, 2.05) is 13.0 Å². The van der Waals surface area contributed by atoms with Crippen molar-refractivity contribution in [2.75, 3.05) is 25.2 Å². The largest absolute Gasteiger partial charge is 0.389 e. The Balaban J connectivity index is 3.16. The van der Waals surface area contributed by atoms with E-state index in [0.29, 0.717) is 11.6 Å². The summed E-state index contributed by atoms with van der Waals surface area (Å²) in [6.45, 7) is 7.87. The molecular weight excluding hydrogens is 244 g/mol. The molecule has 0 bridgehead atoms. The molecule has 1 rings (SSSR count). The maximum absolute atomic E-state index is 5.82. The number of anilines is 1. The molecule has 2 N–H and O–H groups in total. The number of benzene rings is 1. The summed E-state index contributed by atoms with van der Waals surface area (Å²) >= 11 is 5.15. The molecule has 0 aromatic heterocycles. The second-order valence-electron chi connectivity index (χ2n) is 4.48. The third-order valence-electron chi connectivity index (χ3n) is 3.01. The molecule has 3 nitrogen and oxygen atoms in total. The van der Waals surface area contributed by atoms with Gasteiger partial charge in [-0.2, -0.15) is 0 Å². The van der Waals surface area contributed by atoms with Gasteiger partial charge in [0.2, 0.25) is 0 Å². The summed E-state index contributed by atoms with van der Waals surface area (Å²) < 4.78 is 5.23. The maximum atomic E-state index is 5.82. The van der Waals surface area contributed by atoms with E-state index in [2.05, 4.69) is 30.9 Å². The van der Waals surface area contributed by atoms with Gasteiger partial charge in [-0.05, 0) is 32.9 Å². The fraction of sp³-hybridized carbons (Fsp3) is 0.500. The van der Waals surface area contributed by atoms with E-state index < -0.39 is 0 Å². The van der Waals surface area contributed by atoms with E-state index in [1.165, 1.54) is 0 Å². The zero-order valence-electron chi connectivity index (χ0n) is 11.6. The maximum Gasteiger partial charge on any atom is 0.106 e. The molecule has 4 heteroatoms. The third kappa shape index (κ3) is 3.43. The Kier molecular flexibility index (Phi) is 5.56. The van der Waals surface area contributed by atoms with Crippen LogP contribution in [-0.2, 0) is 4.74 Å². The molecule has 1 aromatic rings. The molecule has 1 atom stereocenters. The lowest BCUT2D eigenvalue weighted by atomic mass is 10.1. The zero-order chi connectivity index (χ0) is 13.7. The van der Waals surface area contributed by atoms with Crippen LogP contribution in [0, 0.1) is 6.92 Å². The molecule has 0 spiro atoms. The Hall–Kier alpha value is -1.13. The van der Waals surface area contributed by atoms with Crippen molar-refractivity contribution in [3.8, 4) is 0 Å². The topological polar surface area (TPSA) is 38.5 Å². The van der Waals surface area contributed by atoms with Crippen molar-refractivity contribution < 1.29 is 4.74 Å². The van der Waals surface area contributed by atoms with Crippen LogP contribution in [0.2, 0.25) is 0 Å². The van der Waals surface area contributed by atoms with Gasteiger partial charge in [0.05, 0.1) is 6.61 Å². The van der Waals surface area contributed by atoms with Crippen molar-refractivity contribution in [1.29, 1.82) is 0 Å². The van der Waals surface area contributed by atoms with E-state index in [-0.39, 0.29) is 6.04 Å². The summed E-state index contributed by atoms with van der Waals surface area (Å²) in [7, 11) is 1.72. The Morgan fingerprint density at radius 3 is 2.67 bits per heavy atom. The minimum absolute atomic E-state index is 0.288. The number of ether oxygens (including phenoxy) is 1. The van der Waals surface area contributed by atoms with E-state index >= 15 is 0 Å². The minimum atomic E-state index is 0.288. The van der Waals surface area contributed by atoms with Gasteiger partial charge in [-0.15, -0.1) is 0 Å². The molecular formula is C14H22N2OS. The second kappa shape index (κ2) is 6.71. The second-order valence-corrected chi connectivity index (χ2v) is 4.92. The highest BCUT2D eigenvalue weighted by molar-refractivity contribution is 7.80. The van der Waals surface area contributed by atoms with Crippen LogP contribution in [0.3, 0.4) is 0 Å². The van der Waals surface area contributed by atoms with Gasteiger partial charge in [0.1, 0.15) is 4.99 Å². The first kappa shape index (κ1) is 14.9. The van der Waals surface area contributed by atoms with Crippen LogP contribution in [-0.4, -0.2) is 31.3 Å². The number of likely N-dealkylation sites (N-methyl/N-ethyl adjacent to an activating group) is 1. The van der Waals surface area contributed by atoms with Crippen molar-refractivity contribution in [3.05, 3.63) is 29.3 Å². The Bertz CT molecular complexity index is 420. The van der Waals surface area contributed by atoms with Gasteiger partial charge in [0.25, 0.3) is 0 Å². The molecule has 100 valence electrons. The summed E-state index contributed by atoms with van der Waals surface area (Å²) in [6, 6.07) is 6.49. The van der Waals surface area contributed by atoms with Crippen molar-refractivity contribution in [1.82, 2.24) is 0 Å². The average Bonchev–Trinajstić information content (AvgIpc) is 2.32. The van der Waals surface area contributed by atoms with Gasteiger partial charge in [-0.25, -0.2) is 0 Å². The standard InChI is InChI=1S/C14H22N2OS/c1-5-16(11(3)9-17-4)13-7-6-10(2)8-12(13)14(15)18/h6-8,11H,5,9H2,1-4H3,(H2,15,18). The van der Waals surface area contributed by atoms with Gasteiger partial charge in [-0.1, -0.05) is 23.8 Å². The molecule has 0 aliphatic heterocycles. The summed E-state index contributed by atoms with van der Waals surface area (Å²) in [5.41, 5.74) is 9.01. The van der Waals surface area contributed by atoms with Gasteiger partial charge >= 0.3 is 0 Å². The monoisotopic (exact) mass is 266 g/mol. The number of hydrogen-bond acceptors (Lipinski definition) is 3. The lowest BCUT2D eigenvalue weighted by Gasteiger charge is -2.31. The first-order valence-electron chi connectivity index (χ1n) is 6.17. The first-order valence-corrected chi connectivity index (χ1v) is 6.58. The summed E-state index contributed by atoms with van der Waals surface area (Å²) in [6.07, 6.45) is 0. The molecule has 0 saturated carbocycles. The number of nitrogens with zero attached hydrogens (tertiary/aromatic N) is 1. The first-order chi connectivity index (χ1) is 8.51. The number of thiocarbonyl (C=S) groups is 1. The minimum Gasteiger partial charge on any atom is -0.389 e. The van der Waals surface area contributed by atoms with Gasteiger partial charge in [-0.3, -0.25) is 0 Å². The highest BCUT2D eigenvalue weighted by Gasteiger charge is 2.17. The van der Waals surface area contributed by atoms with E-state index in [9.17, 15) is 0 Å². The smallest absolute Gasteiger partial charge is 0.106 e. The molecule has 0 aliphatic rings. The molecule has 0 fully saturated rings. The molecule has 1 aromatic carbocycles. The quantitative estimate of drug-likeness (QED) is 0.803. The van der Waals surface area contributed by atoms with Crippen LogP contribution in [0.4, 0.5) is 5.69 Å². The van der Waals surface area contributed by atoms with Gasteiger partial charge in [0, 0.05) is 30.9 Å². The molecule has 0 heterocycles. The predicted octanol–water partition coefficient (Wildman–Crippen LogP) is 2.49. The Morgan fingerprint density at radius 2 is 2.17 bits per heavy atom. The molecule has 0 radical (unpaired) electrons. The Labute approximate surface area is 115 Å². The predicted molar refractivity (Wildman–Crippen MR) is 81.4 cm³/mol. The van der Waals surface area contributed by atoms with E-state index in [1.54, 1.807) is 7.11 Å². The summed E-state index contributed by atoms with van der Waals surface area (Å²) in [5.74, 6) is 0. The lowest BCUT2D eigenvalue weighted by Crippen LogP contribution is -2.37. The molecule has 18 heavy (non-hydrogen) atoms. The van der Waals surface area contributed by atoms with Crippen LogP contribution >= 0.6 is 12.2 Å². The van der Waals surface area contributed by atoms with Crippen molar-refractivity contribution in [3.63, 3.8) is 0 Å².